The molecule has 0 aliphatic rings. The highest BCUT2D eigenvalue weighted by molar-refractivity contribution is 7.89. The summed E-state index contributed by atoms with van der Waals surface area (Å²) in [5.41, 5.74) is 0.995. The normalized spacial score (nSPS) is 11.2. The van der Waals surface area contributed by atoms with E-state index in [-0.39, 0.29) is 24.0 Å². The third kappa shape index (κ3) is 5.33. The zero-order valence-electron chi connectivity index (χ0n) is 13.7. The van der Waals surface area contributed by atoms with Crippen LogP contribution in [0.1, 0.15) is 10.4 Å². The van der Waals surface area contributed by atoms with Gasteiger partial charge in [0.05, 0.1) is 11.4 Å². The fraction of sp³-hybridized carbons (Fsp3) is 0.312. The van der Waals surface area contributed by atoms with Gasteiger partial charge in [-0.2, -0.15) is 0 Å². The number of aryl methyl sites for hydroxylation is 1. The molecular weight excluding hydrogens is 346 g/mol. The quantitative estimate of drug-likeness (QED) is 0.736. The Morgan fingerprint density at radius 2 is 1.88 bits per heavy atom. The van der Waals surface area contributed by atoms with Gasteiger partial charge in [0.1, 0.15) is 0 Å². The number of amides is 2. The molecule has 6 nitrogen and oxygen atoms in total. The summed E-state index contributed by atoms with van der Waals surface area (Å²) in [4.78, 5) is 14.8. The number of hydrogen-bond acceptors (Lipinski definition) is 4. The highest BCUT2D eigenvalue weighted by atomic mass is 32.2. The largest absolute Gasteiger partial charge is 0.337 e. The lowest BCUT2D eigenvalue weighted by atomic mass is 10.2. The van der Waals surface area contributed by atoms with Gasteiger partial charge in [-0.3, -0.25) is 0 Å². The third-order valence-electron chi connectivity index (χ3n) is 3.34. The molecule has 24 heavy (non-hydrogen) atoms. The van der Waals surface area contributed by atoms with Crippen molar-refractivity contribution in [2.45, 2.75) is 18.4 Å². The van der Waals surface area contributed by atoms with Crippen LogP contribution in [0.3, 0.4) is 0 Å². The van der Waals surface area contributed by atoms with Crippen LogP contribution in [0, 0.1) is 6.92 Å². The van der Waals surface area contributed by atoms with Gasteiger partial charge in [0.25, 0.3) is 0 Å². The van der Waals surface area contributed by atoms with Crippen LogP contribution in [0.5, 0.6) is 0 Å². The second kappa shape index (κ2) is 8.27. The van der Waals surface area contributed by atoms with Gasteiger partial charge in [0.2, 0.25) is 10.0 Å². The van der Waals surface area contributed by atoms with Crippen molar-refractivity contribution in [2.24, 2.45) is 0 Å². The van der Waals surface area contributed by atoms with E-state index in [0.29, 0.717) is 6.54 Å². The summed E-state index contributed by atoms with van der Waals surface area (Å²) in [6.07, 6.45) is 0. The molecule has 0 saturated carbocycles. The van der Waals surface area contributed by atoms with Crippen molar-refractivity contribution in [1.29, 1.82) is 0 Å². The monoisotopic (exact) mass is 367 g/mol. The van der Waals surface area contributed by atoms with Crippen molar-refractivity contribution in [3.63, 3.8) is 0 Å². The van der Waals surface area contributed by atoms with Gasteiger partial charge in [0, 0.05) is 25.0 Å². The predicted octanol–water partition coefficient (Wildman–Crippen LogP) is 2.18. The van der Waals surface area contributed by atoms with Crippen molar-refractivity contribution in [3.8, 4) is 0 Å². The minimum absolute atomic E-state index is 0.134. The van der Waals surface area contributed by atoms with E-state index in [0.717, 1.165) is 10.4 Å². The lowest BCUT2D eigenvalue weighted by Crippen LogP contribution is -2.40. The Labute approximate surface area is 146 Å². The molecule has 0 saturated heterocycles. The maximum atomic E-state index is 12.1. The van der Waals surface area contributed by atoms with Crippen LogP contribution in [0.4, 0.5) is 4.79 Å². The molecule has 0 fully saturated rings. The summed E-state index contributed by atoms with van der Waals surface area (Å²) in [7, 11) is -1.85. The van der Waals surface area contributed by atoms with Crippen molar-refractivity contribution >= 4 is 27.4 Å². The Kier molecular flexibility index (Phi) is 6.36. The molecule has 0 unspecified atom stereocenters. The molecule has 1 aromatic carbocycles. The van der Waals surface area contributed by atoms with Crippen LogP contribution in [0.25, 0.3) is 0 Å². The van der Waals surface area contributed by atoms with Crippen molar-refractivity contribution in [1.82, 2.24) is 14.9 Å². The van der Waals surface area contributed by atoms with Gasteiger partial charge in [-0.1, -0.05) is 23.8 Å². The van der Waals surface area contributed by atoms with E-state index in [1.165, 1.54) is 0 Å². The molecule has 130 valence electrons. The van der Waals surface area contributed by atoms with Crippen molar-refractivity contribution in [3.05, 3.63) is 52.2 Å². The van der Waals surface area contributed by atoms with Crippen molar-refractivity contribution < 1.29 is 13.2 Å². The number of urea groups is 1. The summed E-state index contributed by atoms with van der Waals surface area (Å²) >= 11 is 1.59. The molecule has 1 heterocycles. The van der Waals surface area contributed by atoms with Gasteiger partial charge >= 0.3 is 6.03 Å². The topological polar surface area (TPSA) is 78.5 Å². The minimum atomic E-state index is -3.55. The molecule has 0 atom stereocenters. The fourth-order valence-electron chi connectivity index (χ4n) is 2.00. The highest BCUT2D eigenvalue weighted by Crippen LogP contribution is 2.11. The first-order valence-corrected chi connectivity index (χ1v) is 9.82. The first kappa shape index (κ1) is 18.4. The number of thiophene rings is 1. The van der Waals surface area contributed by atoms with E-state index in [4.69, 9.17) is 0 Å². The Morgan fingerprint density at radius 1 is 1.17 bits per heavy atom. The highest BCUT2D eigenvalue weighted by Gasteiger charge is 2.13. The van der Waals surface area contributed by atoms with E-state index in [2.05, 4.69) is 10.0 Å². The minimum Gasteiger partial charge on any atom is -0.337 e. The van der Waals surface area contributed by atoms with Crippen LogP contribution < -0.4 is 10.0 Å². The van der Waals surface area contributed by atoms with Gasteiger partial charge in [-0.25, -0.2) is 17.9 Å². The molecule has 0 aliphatic heterocycles. The number of hydrogen-bond donors (Lipinski definition) is 2. The molecule has 8 heteroatoms. The molecule has 2 N–H and O–H groups in total. The second-order valence-corrected chi connectivity index (χ2v) is 8.18. The lowest BCUT2D eigenvalue weighted by molar-refractivity contribution is 0.207. The summed E-state index contributed by atoms with van der Waals surface area (Å²) in [5.74, 6) is 0. The van der Waals surface area contributed by atoms with Gasteiger partial charge < -0.3 is 10.2 Å². The van der Waals surface area contributed by atoms with E-state index >= 15 is 0 Å². The molecular formula is C16H21N3O3S2. The number of nitrogens with zero attached hydrogens (tertiary/aromatic N) is 1. The van der Waals surface area contributed by atoms with E-state index < -0.39 is 10.0 Å². The lowest BCUT2D eigenvalue weighted by Gasteiger charge is -2.17. The molecule has 0 spiro atoms. The molecule has 2 rings (SSSR count). The second-order valence-electron chi connectivity index (χ2n) is 5.38. The summed E-state index contributed by atoms with van der Waals surface area (Å²) in [6, 6.07) is 10.3. The number of rotatable bonds is 7. The van der Waals surface area contributed by atoms with Crippen LogP contribution >= 0.6 is 11.3 Å². The maximum absolute atomic E-state index is 12.1. The standard InChI is InChI=1S/C16H21N3O3S2/c1-13-5-7-15(8-6-13)24(21,22)18-10-9-17-16(20)19(2)12-14-4-3-11-23-14/h3-8,11,18H,9-10,12H2,1-2H3,(H,17,20). The zero-order valence-corrected chi connectivity index (χ0v) is 15.3. The van der Waals surface area contributed by atoms with Crippen LogP contribution in [-0.2, 0) is 16.6 Å². The smallest absolute Gasteiger partial charge is 0.317 e. The number of nitrogens with one attached hydrogen (secondary N) is 2. The summed E-state index contributed by atoms with van der Waals surface area (Å²) < 4.78 is 26.7. The predicted molar refractivity (Wildman–Crippen MR) is 95.6 cm³/mol. The average Bonchev–Trinajstić information content (AvgIpc) is 3.04. The SMILES string of the molecule is Cc1ccc(S(=O)(=O)NCCNC(=O)N(C)Cc2cccs2)cc1. The number of carbonyl (C=O) groups is 1. The zero-order chi connectivity index (χ0) is 17.6. The van der Waals surface area contributed by atoms with E-state index in [1.807, 2.05) is 24.4 Å². The van der Waals surface area contributed by atoms with Gasteiger partial charge in [-0.05, 0) is 30.5 Å². The number of sulfonamides is 1. The number of benzene rings is 1. The van der Waals surface area contributed by atoms with Crippen molar-refractivity contribution in [2.75, 3.05) is 20.1 Å². The molecule has 2 aromatic rings. The fourth-order valence-corrected chi connectivity index (χ4v) is 3.79. The van der Waals surface area contributed by atoms with Crippen LogP contribution in [0.2, 0.25) is 0 Å². The summed E-state index contributed by atoms with van der Waals surface area (Å²) in [6.45, 7) is 2.78. The molecule has 0 bridgehead atoms. The Hall–Kier alpha value is -1.90. The van der Waals surface area contributed by atoms with Crippen LogP contribution in [-0.4, -0.2) is 39.5 Å². The van der Waals surface area contributed by atoms with Crippen LogP contribution in [0.15, 0.2) is 46.7 Å². The first-order valence-electron chi connectivity index (χ1n) is 7.46. The average molecular weight is 367 g/mol. The van der Waals surface area contributed by atoms with Gasteiger partial charge in [-0.15, -0.1) is 11.3 Å². The molecule has 0 aliphatic carbocycles. The van der Waals surface area contributed by atoms with E-state index in [9.17, 15) is 13.2 Å². The Morgan fingerprint density at radius 3 is 2.50 bits per heavy atom. The van der Waals surface area contributed by atoms with Gasteiger partial charge in [0.15, 0.2) is 0 Å². The Bertz CT molecular complexity index is 756. The molecule has 2 amide bonds. The maximum Gasteiger partial charge on any atom is 0.317 e. The first-order chi connectivity index (χ1) is 11.4. The molecule has 0 radical (unpaired) electrons. The number of carbonyl (C=O) groups excluding carboxylic acids is 1. The van der Waals surface area contributed by atoms with E-state index in [1.54, 1.807) is 47.5 Å². The summed E-state index contributed by atoms with van der Waals surface area (Å²) in [5, 5.41) is 4.65. The third-order valence-corrected chi connectivity index (χ3v) is 5.68. The molecule has 1 aromatic heterocycles. The Balaban J connectivity index is 1.75.